The van der Waals surface area contributed by atoms with Crippen LogP contribution in [0.1, 0.15) is 61.9 Å². The predicted molar refractivity (Wildman–Crippen MR) is 99.4 cm³/mol. The van der Waals surface area contributed by atoms with E-state index in [0.717, 1.165) is 24.6 Å². The number of nitrogens with one attached hydrogen (secondary N) is 1. The largest absolute Gasteiger partial charge is 0.337 e. The SMILES string of the molecule is CC(C)(C)c1cc(C(=O)N2CCC(Cn3cnc(C(F)F)cc3=O)CC2)n[nH]1. The Kier molecular flexibility index (Phi) is 5.62. The van der Waals surface area contributed by atoms with Gasteiger partial charge in [-0.15, -0.1) is 0 Å². The number of alkyl halides is 2. The highest BCUT2D eigenvalue weighted by atomic mass is 19.3. The van der Waals surface area contributed by atoms with Gasteiger partial charge in [0.1, 0.15) is 11.4 Å². The summed E-state index contributed by atoms with van der Waals surface area (Å²) in [5.74, 6) is 0.0792. The van der Waals surface area contributed by atoms with E-state index in [2.05, 4.69) is 15.2 Å². The molecule has 1 N–H and O–H groups in total. The van der Waals surface area contributed by atoms with E-state index in [4.69, 9.17) is 0 Å². The lowest BCUT2D eigenvalue weighted by molar-refractivity contribution is 0.0676. The number of nitrogens with zero attached hydrogens (tertiary/aromatic N) is 4. The van der Waals surface area contributed by atoms with Crippen LogP contribution in [-0.2, 0) is 12.0 Å². The zero-order valence-electron chi connectivity index (χ0n) is 16.3. The molecule has 7 nitrogen and oxygen atoms in total. The van der Waals surface area contributed by atoms with Gasteiger partial charge in [0.25, 0.3) is 17.9 Å². The summed E-state index contributed by atoms with van der Waals surface area (Å²) >= 11 is 0. The lowest BCUT2D eigenvalue weighted by atomic mass is 9.92. The lowest BCUT2D eigenvalue weighted by Gasteiger charge is -2.31. The smallest absolute Gasteiger partial charge is 0.280 e. The summed E-state index contributed by atoms with van der Waals surface area (Å²) in [6.07, 6.45) is -0.118. The van der Waals surface area contributed by atoms with Crippen molar-refractivity contribution in [1.82, 2.24) is 24.6 Å². The fourth-order valence-electron chi connectivity index (χ4n) is 3.27. The van der Waals surface area contributed by atoms with Gasteiger partial charge in [-0.05, 0) is 24.8 Å². The van der Waals surface area contributed by atoms with Crippen molar-refractivity contribution < 1.29 is 13.6 Å². The standard InChI is InChI=1S/C19H25F2N5O2/c1-19(2,3)15-8-14(23-24-15)18(28)25-6-4-12(5-7-25)10-26-11-22-13(17(20)21)9-16(26)27/h8-9,11-12,17H,4-7,10H2,1-3H3,(H,23,24). The van der Waals surface area contributed by atoms with E-state index in [9.17, 15) is 18.4 Å². The molecule has 9 heteroatoms. The Balaban J connectivity index is 1.58. The number of rotatable bonds is 4. The third-order valence-electron chi connectivity index (χ3n) is 5.09. The topological polar surface area (TPSA) is 83.9 Å². The van der Waals surface area contributed by atoms with Crippen molar-refractivity contribution in [2.24, 2.45) is 5.92 Å². The average molecular weight is 393 g/mol. The Morgan fingerprint density at radius 1 is 1.29 bits per heavy atom. The van der Waals surface area contributed by atoms with Crippen molar-refractivity contribution >= 4 is 5.91 Å². The first-order valence-corrected chi connectivity index (χ1v) is 9.35. The minimum absolute atomic E-state index is 0.106. The van der Waals surface area contributed by atoms with Crippen LogP contribution in [0.25, 0.3) is 0 Å². The van der Waals surface area contributed by atoms with Crippen molar-refractivity contribution in [3.05, 3.63) is 45.9 Å². The average Bonchev–Trinajstić information content (AvgIpc) is 3.14. The van der Waals surface area contributed by atoms with Crippen LogP contribution < -0.4 is 5.56 Å². The van der Waals surface area contributed by atoms with Gasteiger partial charge in [0.05, 0.1) is 6.33 Å². The molecule has 0 radical (unpaired) electrons. The summed E-state index contributed by atoms with van der Waals surface area (Å²) in [7, 11) is 0. The molecule has 3 rings (SSSR count). The first kappa shape index (κ1) is 20.2. The van der Waals surface area contributed by atoms with Crippen LogP contribution in [0.4, 0.5) is 8.78 Å². The summed E-state index contributed by atoms with van der Waals surface area (Å²) < 4.78 is 26.6. The monoisotopic (exact) mass is 393 g/mol. The van der Waals surface area contributed by atoms with E-state index in [-0.39, 0.29) is 17.2 Å². The molecule has 0 spiro atoms. The van der Waals surface area contributed by atoms with E-state index >= 15 is 0 Å². The summed E-state index contributed by atoms with van der Waals surface area (Å²) in [5, 5.41) is 7.08. The minimum Gasteiger partial charge on any atom is -0.337 e. The number of aromatic amines is 1. The van der Waals surface area contributed by atoms with Gasteiger partial charge < -0.3 is 4.90 Å². The van der Waals surface area contributed by atoms with E-state index in [1.165, 1.54) is 10.9 Å². The van der Waals surface area contributed by atoms with E-state index < -0.39 is 17.7 Å². The van der Waals surface area contributed by atoms with Gasteiger partial charge in [-0.25, -0.2) is 13.8 Å². The van der Waals surface area contributed by atoms with Crippen LogP contribution >= 0.6 is 0 Å². The molecule has 1 saturated heterocycles. The molecular formula is C19H25F2N5O2. The molecule has 28 heavy (non-hydrogen) atoms. The number of carbonyl (C=O) groups is 1. The van der Waals surface area contributed by atoms with Crippen LogP contribution in [0, 0.1) is 5.92 Å². The molecule has 0 unspecified atom stereocenters. The van der Waals surface area contributed by atoms with Crippen molar-refractivity contribution in [3.8, 4) is 0 Å². The highest BCUT2D eigenvalue weighted by Gasteiger charge is 2.27. The van der Waals surface area contributed by atoms with Gasteiger partial charge in [0, 0.05) is 36.8 Å². The van der Waals surface area contributed by atoms with E-state index in [1.807, 2.05) is 20.8 Å². The second-order valence-electron chi connectivity index (χ2n) is 8.26. The zero-order valence-corrected chi connectivity index (χ0v) is 16.3. The Labute approximate surface area is 161 Å². The summed E-state index contributed by atoms with van der Waals surface area (Å²) in [6.45, 7) is 7.69. The van der Waals surface area contributed by atoms with Crippen LogP contribution in [0.3, 0.4) is 0 Å². The van der Waals surface area contributed by atoms with Crippen molar-refractivity contribution in [1.29, 1.82) is 0 Å². The number of amides is 1. The molecule has 3 heterocycles. The Bertz CT molecular complexity index is 892. The summed E-state index contributed by atoms with van der Waals surface area (Å²) in [5.41, 5.74) is 0.223. The maximum Gasteiger partial charge on any atom is 0.280 e. The fraction of sp³-hybridized carbons (Fsp3) is 0.579. The van der Waals surface area contributed by atoms with Gasteiger partial charge in [0.15, 0.2) is 0 Å². The highest BCUT2D eigenvalue weighted by Crippen LogP contribution is 2.23. The Hall–Kier alpha value is -2.58. The quantitative estimate of drug-likeness (QED) is 0.866. The second kappa shape index (κ2) is 7.81. The number of aromatic nitrogens is 4. The van der Waals surface area contributed by atoms with Gasteiger partial charge in [-0.2, -0.15) is 5.10 Å². The highest BCUT2D eigenvalue weighted by molar-refractivity contribution is 5.92. The number of carbonyl (C=O) groups excluding carboxylic acids is 1. The zero-order chi connectivity index (χ0) is 20.5. The van der Waals surface area contributed by atoms with Crippen molar-refractivity contribution in [2.45, 2.75) is 52.0 Å². The normalized spacial score (nSPS) is 16.0. The number of piperidine rings is 1. The van der Waals surface area contributed by atoms with Crippen LogP contribution in [0.2, 0.25) is 0 Å². The first-order chi connectivity index (χ1) is 13.1. The fourth-order valence-corrected chi connectivity index (χ4v) is 3.27. The number of likely N-dealkylation sites (tertiary alicyclic amines) is 1. The van der Waals surface area contributed by atoms with Crippen LogP contribution in [0.15, 0.2) is 23.3 Å². The van der Waals surface area contributed by atoms with E-state index in [0.29, 0.717) is 25.3 Å². The minimum atomic E-state index is -2.75. The number of H-pyrrole nitrogens is 1. The molecule has 0 atom stereocenters. The maximum atomic E-state index is 12.7. The molecule has 1 fully saturated rings. The van der Waals surface area contributed by atoms with Gasteiger partial charge >= 0.3 is 0 Å². The van der Waals surface area contributed by atoms with Crippen LogP contribution in [-0.4, -0.2) is 43.6 Å². The molecule has 0 aromatic carbocycles. The summed E-state index contributed by atoms with van der Waals surface area (Å²) in [6, 6.07) is 2.68. The number of hydrogen-bond donors (Lipinski definition) is 1. The van der Waals surface area contributed by atoms with Crippen molar-refractivity contribution in [3.63, 3.8) is 0 Å². The third-order valence-corrected chi connectivity index (χ3v) is 5.09. The van der Waals surface area contributed by atoms with E-state index in [1.54, 1.807) is 11.0 Å². The van der Waals surface area contributed by atoms with Gasteiger partial charge in [-0.3, -0.25) is 19.3 Å². The third kappa shape index (κ3) is 4.45. The molecule has 2 aromatic heterocycles. The Morgan fingerprint density at radius 2 is 1.96 bits per heavy atom. The van der Waals surface area contributed by atoms with Crippen molar-refractivity contribution in [2.75, 3.05) is 13.1 Å². The maximum absolute atomic E-state index is 12.7. The molecule has 1 amide bonds. The molecule has 0 saturated carbocycles. The molecule has 2 aromatic rings. The summed E-state index contributed by atoms with van der Waals surface area (Å²) in [4.78, 5) is 30.1. The molecule has 0 aliphatic carbocycles. The van der Waals surface area contributed by atoms with Gasteiger partial charge in [0.2, 0.25) is 0 Å². The molecule has 1 aliphatic heterocycles. The first-order valence-electron chi connectivity index (χ1n) is 9.35. The number of halogens is 2. The second-order valence-corrected chi connectivity index (χ2v) is 8.26. The molecule has 0 bridgehead atoms. The Morgan fingerprint density at radius 3 is 2.50 bits per heavy atom. The molecular weight excluding hydrogens is 368 g/mol. The lowest BCUT2D eigenvalue weighted by Crippen LogP contribution is -2.40. The predicted octanol–water partition coefficient (Wildman–Crippen LogP) is 2.75. The molecule has 1 aliphatic rings. The van der Waals surface area contributed by atoms with Crippen LogP contribution in [0.5, 0.6) is 0 Å². The number of hydrogen-bond acceptors (Lipinski definition) is 4. The molecule has 152 valence electrons. The van der Waals surface area contributed by atoms with Gasteiger partial charge in [-0.1, -0.05) is 20.8 Å².